The first-order valence-corrected chi connectivity index (χ1v) is 9.47. The molecule has 0 atom stereocenters. The van der Waals surface area contributed by atoms with Crippen LogP contribution >= 0.6 is 0 Å². The molecule has 1 N–H and O–H groups in total. The van der Waals surface area contributed by atoms with Crippen molar-refractivity contribution in [2.24, 2.45) is 13.0 Å². The van der Waals surface area contributed by atoms with Crippen LogP contribution in [0.2, 0.25) is 0 Å². The third-order valence-corrected chi connectivity index (χ3v) is 5.35. The minimum absolute atomic E-state index is 0.000748. The van der Waals surface area contributed by atoms with Gasteiger partial charge in [0.25, 0.3) is 0 Å². The highest BCUT2D eigenvalue weighted by atomic mass is 16.2. The molecule has 6 nitrogen and oxygen atoms in total. The van der Waals surface area contributed by atoms with E-state index in [1.54, 1.807) is 12.5 Å². The second-order valence-electron chi connectivity index (χ2n) is 7.53. The lowest BCUT2D eigenvalue weighted by molar-refractivity contribution is -0.117. The summed E-state index contributed by atoms with van der Waals surface area (Å²) in [5.41, 5.74) is 2.15. The number of anilines is 1. The Labute approximate surface area is 159 Å². The average molecular weight is 363 g/mol. The number of aryl methyl sites for hydroxylation is 1. The van der Waals surface area contributed by atoms with Gasteiger partial charge < -0.3 is 9.88 Å². The Morgan fingerprint density at radius 2 is 2.00 bits per heavy atom. The fraction of sp³-hybridized carbons (Fsp3) is 0.381. The summed E-state index contributed by atoms with van der Waals surface area (Å²) in [6, 6.07) is 8.16. The van der Waals surface area contributed by atoms with Crippen LogP contribution in [-0.4, -0.2) is 45.0 Å². The number of pyridine rings is 1. The summed E-state index contributed by atoms with van der Waals surface area (Å²) in [5, 5.41) is 5.04. The van der Waals surface area contributed by atoms with Crippen LogP contribution in [0.25, 0.3) is 22.0 Å². The monoisotopic (exact) mass is 363 g/mol. The number of hydrogen-bond acceptors (Lipinski definition) is 4. The molecular formula is C21H25N5O. The number of benzene rings is 1. The predicted octanol–water partition coefficient (Wildman–Crippen LogP) is 3.31. The third kappa shape index (κ3) is 4.01. The molecule has 140 valence electrons. The molecule has 1 saturated heterocycles. The van der Waals surface area contributed by atoms with Gasteiger partial charge >= 0.3 is 0 Å². The molecule has 3 heterocycles. The summed E-state index contributed by atoms with van der Waals surface area (Å²) in [4.78, 5) is 23.2. The Morgan fingerprint density at radius 1 is 1.19 bits per heavy atom. The van der Waals surface area contributed by atoms with E-state index in [0.717, 1.165) is 53.9 Å². The van der Waals surface area contributed by atoms with Gasteiger partial charge in [0.05, 0.1) is 24.8 Å². The summed E-state index contributed by atoms with van der Waals surface area (Å²) in [7, 11) is 1.98. The second kappa shape index (κ2) is 7.48. The number of imidazole rings is 1. The maximum Gasteiger partial charge on any atom is 0.239 e. The summed E-state index contributed by atoms with van der Waals surface area (Å²) in [6.07, 6.45) is 7.78. The average Bonchev–Trinajstić information content (AvgIpc) is 3.09. The lowest BCUT2D eigenvalue weighted by atomic mass is 9.99. The van der Waals surface area contributed by atoms with Crippen LogP contribution in [-0.2, 0) is 11.8 Å². The van der Waals surface area contributed by atoms with Crippen LogP contribution in [0.15, 0.2) is 43.0 Å². The van der Waals surface area contributed by atoms with E-state index >= 15 is 0 Å². The molecule has 0 unspecified atom stereocenters. The maximum atomic E-state index is 12.4. The number of nitrogens with zero attached hydrogens (tertiary/aromatic N) is 4. The van der Waals surface area contributed by atoms with Gasteiger partial charge in [-0.1, -0.05) is 19.1 Å². The lowest BCUT2D eigenvalue weighted by Crippen LogP contribution is -2.38. The van der Waals surface area contributed by atoms with Crippen molar-refractivity contribution in [3.63, 3.8) is 0 Å². The summed E-state index contributed by atoms with van der Waals surface area (Å²) in [5.74, 6) is 1.36. The summed E-state index contributed by atoms with van der Waals surface area (Å²) >= 11 is 0. The van der Waals surface area contributed by atoms with Gasteiger partial charge in [-0.15, -0.1) is 0 Å². The third-order valence-electron chi connectivity index (χ3n) is 5.35. The number of amides is 1. The number of likely N-dealkylation sites (tertiary alicyclic amines) is 1. The van der Waals surface area contributed by atoms with Crippen LogP contribution in [0.4, 0.5) is 5.82 Å². The lowest BCUT2D eigenvalue weighted by Gasteiger charge is -2.29. The van der Waals surface area contributed by atoms with Crippen molar-refractivity contribution in [1.82, 2.24) is 19.4 Å². The fourth-order valence-electron chi connectivity index (χ4n) is 3.61. The molecule has 1 aliphatic rings. The van der Waals surface area contributed by atoms with E-state index in [0.29, 0.717) is 12.4 Å². The minimum Gasteiger partial charge on any atom is -0.334 e. The number of carbonyl (C=O) groups is 1. The molecular weight excluding hydrogens is 338 g/mol. The van der Waals surface area contributed by atoms with Crippen LogP contribution in [0, 0.1) is 5.92 Å². The molecule has 1 aromatic carbocycles. The zero-order valence-electron chi connectivity index (χ0n) is 15.9. The maximum absolute atomic E-state index is 12.4. The van der Waals surface area contributed by atoms with Gasteiger partial charge in [0.2, 0.25) is 5.91 Å². The molecule has 0 saturated carbocycles. The van der Waals surface area contributed by atoms with Crippen molar-refractivity contribution in [3.05, 3.63) is 43.0 Å². The van der Waals surface area contributed by atoms with Crippen LogP contribution in [0.1, 0.15) is 19.8 Å². The largest absolute Gasteiger partial charge is 0.334 e. The molecule has 0 bridgehead atoms. The van der Waals surface area contributed by atoms with Crippen molar-refractivity contribution >= 4 is 22.5 Å². The van der Waals surface area contributed by atoms with E-state index in [1.807, 2.05) is 29.9 Å². The SMILES string of the molecule is CC1CCN(CC(=O)Nc2cc3cc(-c4cncn4C)ccc3cn2)CC1. The molecule has 2 aromatic heterocycles. The van der Waals surface area contributed by atoms with Gasteiger partial charge in [-0.25, -0.2) is 9.97 Å². The minimum atomic E-state index is -0.000748. The molecule has 1 fully saturated rings. The van der Waals surface area contributed by atoms with Crippen molar-refractivity contribution < 1.29 is 4.79 Å². The number of fused-ring (bicyclic) bond motifs is 1. The zero-order valence-corrected chi connectivity index (χ0v) is 15.9. The molecule has 1 amide bonds. The first-order valence-electron chi connectivity index (χ1n) is 9.47. The Bertz CT molecular complexity index is 956. The van der Waals surface area contributed by atoms with Crippen molar-refractivity contribution in [1.29, 1.82) is 0 Å². The Hall–Kier alpha value is -2.73. The van der Waals surface area contributed by atoms with E-state index in [2.05, 4.69) is 39.2 Å². The normalized spacial score (nSPS) is 15.9. The van der Waals surface area contributed by atoms with Gasteiger partial charge in [0, 0.05) is 24.2 Å². The van der Waals surface area contributed by atoms with Crippen LogP contribution < -0.4 is 5.32 Å². The highest BCUT2D eigenvalue weighted by molar-refractivity contribution is 5.94. The molecule has 1 aliphatic heterocycles. The van der Waals surface area contributed by atoms with Gasteiger partial charge in [0.15, 0.2) is 0 Å². The Morgan fingerprint density at radius 3 is 2.74 bits per heavy atom. The van der Waals surface area contributed by atoms with E-state index in [1.165, 1.54) is 0 Å². The van der Waals surface area contributed by atoms with Crippen LogP contribution in [0.5, 0.6) is 0 Å². The van der Waals surface area contributed by atoms with Gasteiger partial charge in [0.1, 0.15) is 5.82 Å². The second-order valence-corrected chi connectivity index (χ2v) is 7.53. The number of carbonyl (C=O) groups excluding carboxylic acids is 1. The fourth-order valence-corrected chi connectivity index (χ4v) is 3.61. The van der Waals surface area contributed by atoms with E-state index in [9.17, 15) is 4.79 Å². The molecule has 6 heteroatoms. The summed E-state index contributed by atoms with van der Waals surface area (Å²) < 4.78 is 1.99. The first-order chi connectivity index (χ1) is 13.1. The van der Waals surface area contributed by atoms with Gasteiger partial charge in [-0.3, -0.25) is 9.69 Å². The number of aromatic nitrogens is 3. The van der Waals surface area contributed by atoms with E-state index in [-0.39, 0.29) is 5.91 Å². The van der Waals surface area contributed by atoms with Crippen molar-refractivity contribution in [2.45, 2.75) is 19.8 Å². The number of piperidine rings is 1. The Kier molecular flexibility index (Phi) is 4.90. The van der Waals surface area contributed by atoms with Gasteiger partial charge in [-0.2, -0.15) is 0 Å². The molecule has 4 rings (SSSR count). The number of hydrogen-bond donors (Lipinski definition) is 1. The van der Waals surface area contributed by atoms with Crippen molar-refractivity contribution in [3.8, 4) is 11.3 Å². The standard InChI is InChI=1S/C21H25N5O/c1-15-5-7-26(8-6-15)13-21(27)24-20-10-18-9-16(3-4-17(18)11-23-20)19-12-22-14-25(19)2/h3-4,9-12,14-15H,5-8,13H2,1-2H3,(H,23,24,27). The van der Waals surface area contributed by atoms with Gasteiger partial charge in [-0.05, 0) is 49.4 Å². The zero-order chi connectivity index (χ0) is 18.8. The Balaban J connectivity index is 1.49. The smallest absolute Gasteiger partial charge is 0.239 e. The first kappa shape index (κ1) is 17.7. The topological polar surface area (TPSA) is 63.1 Å². The van der Waals surface area contributed by atoms with E-state index < -0.39 is 0 Å². The molecule has 0 radical (unpaired) electrons. The number of nitrogens with one attached hydrogen (secondary N) is 1. The van der Waals surface area contributed by atoms with Crippen LogP contribution in [0.3, 0.4) is 0 Å². The highest BCUT2D eigenvalue weighted by Gasteiger charge is 2.18. The quantitative estimate of drug-likeness (QED) is 0.772. The predicted molar refractivity (Wildman–Crippen MR) is 107 cm³/mol. The molecule has 27 heavy (non-hydrogen) atoms. The summed E-state index contributed by atoms with van der Waals surface area (Å²) in [6.45, 7) is 4.69. The molecule has 0 aliphatic carbocycles. The van der Waals surface area contributed by atoms with E-state index in [4.69, 9.17) is 0 Å². The van der Waals surface area contributed by atoms with Crippen molar-refractivity contribution in [2.75, 3.05) is 25.0 Å². The number of rotatable bonds is 4. The molecule has 3 aromatic rings. The molecule has 0 spiro atoms. The highest BCUT2D eigenvalue weighted by Crippen LogP contribution is 2.25.